The molecule has 0 radical (unpaired) electrons. The molecule has 0 N–H and O–H groups in total. The first-order valence-corrected chi connectivity index (χ1v) is 12.2. The van der Waals surface area contributed by atoms with Crippen molar-refractivity contribution in [2.45, 2.75) is 6.61 Å². The van der Waals surface area contributed by atoms with E-state index in [2.05, 4.69) is 26.0 Å². The van der Waals surface area contributed by atoms with E-state index in [0.717, 1.165) is 0 Å². The number of hydrogen-bond donors (Lipinski definition) is 0. The van der Waals surface area contributed by atoms with E-state index in [-0.39, 0.29) is 23.6 Å². The summed E-state index contributed by atoms with van der Waals surface area (Å²) in [5.41, 5.74) is 1.38. The van der Waals surface area contributed by atoms with Crippen LogP contribution in [0.15, 0.2) is 105 Å². The van der Waals surface area contributed by atoms with Crippen molar-refractivity contribution >= 4 is 38.7 Å². The second-order valence-corrected chi connectivity index (χ2v) is 9.06. The average Bonchev–Trinajstić information content (AvgIpc) is 2.92. The zero-order valence-electron chi connectivity index (χ0n) is 19.6. The van der Waals surface area contributed by atoms with Gasteiger partial charge in [-0.15, -0.1) is 0 Å². The highest BCUT2D eigenvalue weighted by Gasteiger charge is 2.21. The van der Waals surface area contributed by atoms with Crippen LogP contribution in [0.3, 0.4) is 0 Å². The van der Waals surface area contributed by atoms with Crippen LogP contribution in [0.1, 0.15) is 11.1 Å². The lowest BCUT2D eigenvalue weighted by atomic mass is 10.2. The zero-order valence-corrected chi connectivity index (χ0v) is 21.2. The molecule has 0 atom stereocenters. The summed E-state index contributed by atoms with van der Waals surface area (Å²) in [6.45, 7) is -0.0662. The van der Waals surface area contributed by atoms with Gasteiger partial charge in [-0.2, -0.15) is 9.78 Å². The normalized spacial score (nSPS) is 11.2. The van der Waals surface area contributed by atoms with Crippen molar-refractivity contribution in [3.8, 4) is 17.1 Å². The Bertz CT molecular complexity index is 1760. The van der Waals surface area contributed by atoms with E-state index in [1.54, 1.807) is 36.4 Å². The summed E-state index contributed by atoms with van der Waals surface area (Å²) in [4.78, 5) is 29.2. The van der Waals surface area contributed by atoms with Gasteiger partial charge >= 0.3 is 5.69 Å². The van der Waals surface area contributed by atoms with Gasteiger partial charge in [0.05, 0.1) is 26.5 Å². The highest BCUT2D eigenvalue weighted by molar-refractivity contribution is 9.10. The molecule has 1 aromatic heterocycles. The highest BCUT2D eigenvalue weighted by atomic mass is 79.9. The van der Waals surface area contributed by atoms with Crippen molar-refractivity contribution in [3.05, 3.63) is 133 Å². The molecule has 0 fully saturated rings. The number of ether oxygens (including phenoxy) is 1. The molecule has 0 amide bonds. The maximum atomic E-state index is 13.5. The van der Waals surface area contributed by atoms with Crippen molar-refractivity contribution in [2.24, 2.45) is 5.10 Å². The van der Waals surface area contributed by atoms with Crippen molar-refractivity contribution in [1.29, 1.82) is 0 Å². The van der Waals surface area contributed by atoms with Crippen LogP contribution in [0.4, 0.5) is 10.1 Å². The van der Waals surface area contributed by atoms with Crippen molar-refractivity contribution in [3.63, 3.8) is 0 Å². The summed E-state index contributed by atoms with van der Waals surface area (Å²) in [7, 11) is 0. The van der Waals surface area contributed by atoms with E-state index in [1.165, 1.54) is 35.2 Å². The summed E-state index contributed by atoms with van der Waals surface area (Å²) in [6, 6.07) is 24.7. The van der Waals surface area contributed by atoms with Crippen LogP contribution < -0.4 is 10.3 Å². The number of fused-ring (bicyclic) bond motifs is 1. The Hall–Kier alpha value is -4.70. The first-order chi connectivity index (χ1) is 18.4. The summed E-state index contributed by atoms with van der Waals surface area (Å²) in [5.74, 6) is -0.111. The van der Waals surface area contributed by atoms with E-state index in [4.69, 9.17) is 4.74 Å². The fraction of sp³-hybridized carbons (Fsp3) is 0.0357. The Labute approximate surface area is 223 Å². The number of aromatic nitrogens is 2. The van der Waals surface area contributed by atoms with E-state index < -0.39 is 10.7 Å². The van der Waals surface area contributed by atoms with Crippen LogP contribution in [0.2, 0.25) is 0 Å². The van der Waals surface area contributed by atoms with E-state index in [0.29, 0.717) is 37.9 Å². The molecule has 0 saturated heterocycles. The first-order valence-electron chi connectivity index (χ1n) is 11.4. The Balaban J connectivity index is 1.55. The minimum Gasteiger partial charge on any atom is -0.481 e. The van der Waals surface area contributed by atoms with Gasteiger partial charge in [0.15, 0.2) is 5.82 Å². The zero-order chi connectivity index (χ0) is 26.6. The molecule has 4 aromatic carbocycles. The van der Waals surface area contributed by atoms with Crippen LogP contribution in [-0.2, 0) is 6.61 Å². The molecule has 0 spiro atoms. The minimum absolute atomic E-state index is 0.00840. The van der Waals surface area contributed by atoms with Crippen LogP contribution in [0.5, 0.6) is 5.75 Å². The van der Waals surface area contributed by atoms with Gasteiger partial charge in [0, 0.05) is 17.2 Å². The molecule has 5 aromatic rings. The number of nitro groups is 1. The molecule has 8 nitrogen and oxygen atoms in total. The summed E-state index contributed by atoms with van der Waals surface area (Å²) in [6.07, 6.45) is 1.35. The topological polar surface area (TPSA) is 99.6 Å². The van der Waals surface area contributed by atoms with Gasteiger partial charge in [0.2, 0.25) is 5.75 Å². The third-order valence-corrected chi connectivity index (χ3v) is 6.21. The fourth-order valence-corrected chi connectivity index (χ4v) is 4.45. The Morgan fingerprint density at radius 3 is 2.55 bits per heavy atom. The molecule has 0 aliphatic heterocycles. The summed E-state index contributed by atoms with van der Waals surface area (Å²) < 4.78 is 20.6. The van der Waals surface area contributed by atoms with Gasteiger partial charge in [0.1, 0.15) is 12.4 Å². The molecular formula is C28H18BrFN4O4. The predicted molar refractivity (Wildman–Crippen MR) is 146 cm³/mol. The third kappa shape index (κ3) is 5.21. The average molecular weight is 573 g/mol. The van der Waals surface area contributed by atoms with Crippen molar-refractivity contribution in [2.75, 3.05) is 0 Å². The Morgan fingerprint density at radius 1 is 1.03 bits per heavy atom. The van der Waals surface area contributed by atoms with Gasteiger partial charge in [-0.25, -0.2) is 9.37 Å². The Morgan fingerprint density at radius 2 is 1.79 bits per heavy atom. The third-order valence-electron chi connectivity index (χ3n) is 5.62. The predicted octanol–water partition coefficient (Wildman–Crippen LogP) is 6.33. The van der Waals surface area contributed by atoms with E-state index >= 15 is 0 Å². The number of nitro benzene ring substituents is 1. The standard InChI is InChI=1S/C28H18BrFN4O4/c29-23-14-19(15-25(34(36)37)26(23)38-17-18-7-6-10-21(30)13-18)16-31-33-27(20-8-2-1-3-9-20)32-24-12-5-4-11-22(24)28(33)35/h1-16H,17H2. The number of halogens is 2. The number of benzene rings is 4. The number of rotatable bonds is 7. The summed E-state index contributed by atoms with van der Waals surface area (Å²) in [5, 5.41) is 16.6. The molecular weight excluding hydrogens is 555 g/mol. The molecule has 0 aliphatic carbocycles. The van der Waals surface area contributed by atoms with Gasteiger partial charge in [-0.05, 0) is 51.8 Å². The highest BCUT2D eigenvalue weighted by Crippen LogP contribution is 2.36. The SMILES string of the molecule is O=c1c2ccccc2nc(-c2ccccc2)n1N=Cc1cc(Br)c(OCc2cccc(F)c2)c([N+](=O)[O-])c1. The monoisotopic (exact) mass is 572 g/mol. The molecule has 0 aliphatic rings. The lowest BCUT2D eigenvalue weighted by molar-refractivity contribution is -0.386. The van der Waals surface area contributed by atoms with Gasteiger partial charge in [-0.3, -0.25) is 14.9 Å². The molecule has 38 heavy (non-hydrogen) atoms. The number of hydrogen-bond acceptors (Lipinski definition) is 6. The number of nitrogens with zero attached hydrogens (tertiary/aromatic N) is 4. The summed E-state index contributed by atoms with van der Waals surface area (Å²) >= 11 is 3.33. The maximum Gasteiger partial charge on any atom is 0.312 e. The van der Waals surface area contributed by atoms with Crippen molar-refractivity contribution in [1.82, 2.24) is 9.66 Å². The van der Waals surface area contributed by atoms with Crippen LogP contribution >= 0.6 is 15.9 Å². The Kier molecular flexibility index (Phi) is 7.05. The molecule has 5 rings (SSSR count). The molecule has 188 valence electrons. The fourth-order valence-electron chi connectivity index (χ4n) is 3.86. The molecule has 0 saturated carbocycles. The van der Waals surface area contributed by atoms with Crippen LogP contribution in [-0.4, -0.2) is 20.8 Å². The minimum atomic E-state index is -0.581. The quantitative estimate of drug-likeness (QED) is 0.129. The molecule has 0 bridgehead atoms. The second kappa shape index (κ2) is 10.7. The van der Waals surface area contributed by atoms with Crippen molar-refractivity contribution < 1.29 is 14.1 Å². The van der Waals surface area contributed by atoms with Crippen LogP contribution in [0, 0.1) is 15.9 Å². The van der Waals surface area contributed by atoms with Gasteiger partial charge in [-0.1, -0.05) is 54.6 Å². The molecule has 0 unspecified atom stereocenters. The maximum absolute atomic E-state index is 13.5. The second-order valence-electron chi connectivity index (χ2n) is 8.21. The smallest absolute Gasteiger partial charge is 0.312 e. The largest absolute Gasteiger partial charge is 0.481 e. The first kappa shape index (κ1) is 25.0. The lowest BCUT2D eigenvalue weighted by Gasteiger charge is -2.11. The lowest BCUT2D eigenvalue weighted by Crippen LogP contribution is -2.20. The molecule has 1 heterocycles. The van der Waals surface area contributed by atoms with E-state index in [1.807, 2.05) is 30.3 Å². The van der Waals surface area contributed by atoms with Crippen LogP contribution in [0.25, 0.3) is 22.3 Å². The van der Waals surface area contributed by atoms with Gasteiger partial charge in [0.25, 0.3) is 5.56 Å². The van der Waals surface area contributed by atoms with Gasteiger partial charge < -0.3 is 4.74 Å². The van der Waals surface area contributed by atoms with E-state index in [9.17, 15) is 19.3 Å². The molecule has 10 heteroatoms. The number of para-hydroxylation sites is 1.